The number of nitrogens with one attached hydrogen (secondary N) is 2. The lowest BCUT2D eigenvalue weighted by atomic mass is 10.1. The van der Waals surface area contributed by atoms with Gasteiger partial charge in [-0.2, -0.15) is 5.10 Å². The van der Waals surface area contributed by atoms with E-state index >= 15 is 0 Å². The molecule has 2 rings (SSSR count). The summed E-state index contributed by atoms with van der Waals surface area (Å²) in [7, 11) is 0. The van der Waals surface area contributed by atoms with Crippen molar-refractivity contribution in [3.05, 3.63) is 35.1 Å². The fourth-order valence-corrected chi connectivity index (χ4v) is 2.72. The van der Waals surface area contributed by atoms with Crippen molar-refractivity contribution in [2.75, 3.05) is 0 Å². The molecule has 2 aromatic rings. The van der Waals surface area contributed by atoms with E-state index in [4.69, 9.17) is 17.0 Å². The Balaban J connectivity index is 2.00. The van der Waals surface area contributed by atoms with Crippen molar-refractivity contribution in [3.8, 4) is 11.4 Å². The van der Waals surface area contributed by atoms with E-state index in [-0.39, 0.29) is 6.42 Å². The highest BCUT2D eigenvalue weighted by molar-refractivity contribution is 7.71. The summed E-state index contributed by atoms with van der Waals surface area (Å²) in [5, 5.41) is 18.8. The second-order valence-corrected chi connectivity index (χ2v) is 7.44. The predicted octanol–water partition coefficient (Wildman–Crippen LogP) is 3.37. The summed E-state index contributed by atoms with van der Waals surface area (Å²) in [5.41, 5.74) is 0.216. The molecular formula is C18H24N4O4S. The van der Waals surface area contributed by atoms with Gasteiger partial charge in [0.05, 0.1) is 0 Å². The number of alkyl carbamates (subject to hydrolysis) is 1. The van der Waals surface area contributed by atoms with Crippen LogP contribution in [-0.4, -0.2) is 43.6 Å². The van der Waals surface area contributed by atoms with E-state index < -0.39 is 23.7 Å². The number of amides is 1. The summed E-state index contributed by atoms with van der Waals surface area (Å²) in [6.07, 6.45) is -0.0317. The molecule has 27 heavy (non-hydrogen) atoms. The van der Waals surface area contributed by atoms with E-state index in [0.29, 0.717) is 23.6 Å². The third-order valence-electron chi connectivity index (χ3n) is 3.65. The molecule has 1 heterocycles. The molecule has 8 nitrogen and oxygen atoms in total. The molecule has 1 aromatic carbocycles. The van der Waals surface area contributed by atoms with E-state index in [1.807, 2.05) is 34.9 Å². The highest BCUT2D eigenvalue weighted by atomic mass is 32.1. The zero-order chi connectivity index (χ0) is 20.0. The SMILES string of the molecule is CC(C)(C)OC(=O)NC(CCCn1c(-c2ccccc2)n[nH]c1=S)C(=O)O. The van der Waals surface area contributed by atoms with Crippen molar-refractivity contribution >= 4 is 24.3 Å². The van der Waals surface area contributed by atoms with Crippen molar-refractivity contribution in [1.82, 2.24) is 20.1 Å². The van der Waals surface area contributed by atoms with Crippen molar-refractivity contribution in [1.29, 1.82) is 0 Å². The Morgan fingerprint density at radius 3 is 2.59 bits per heavy atom. The number of carboxylic acids is 1. The van der Waals surface area contributed by atoms with Crippen molar-refractivity contribution in [3.63, 3.8) is 0 Å². The van der Waals surface area contributed by atoms with Crippen LogP contribution in [0.1, 0.15) is 33.6 Å². The zero-order valence-corrected chi connectivity index (χ0v) is 16.4. The van der Waals surface area contributed by atoms with Crippen LogP contribution >= 0.6 is 12.2 Å². The average molecular weight is 392 g/mol. The fourth-order valence-electron chi connectivity index (χ4n) is 2.49. The number of carbonyl (C=O) groups excluding carboxylic acids is 1. The third kappa shape index (κ3) is 6.21. The number of aromatic nitrogens is 3. The molecule has 0 aliphatic rings. The van der Waals surface area contributed by atoms with Crippen LogP contribution < -0.4 is 5.32 Å². The van der Waals surface area contributed by atoms with Gasteiger partial charge in [-0.05, 0) is 45.8 Å². The second kappa shape index (κ2) is 8.81. The molecule has 0 spiro atoms. The number of benzene rings is 1. The predicted molar refractivity (Wildman–Crippen MR) is 103 cm³/mol. The first-order valence-electron chi connectivity index (χ1n) is 8.60. The minimum atomic E-state index is -1.11. The van der Waals surface area contributed by atoms with Crippen LogP contribution in [0.15, 0.2) is 30.3 Å². The number of hydrogen-bond acceptors (Lipinski definition) is 5. The fraction of sp³-hybridized carbons (Fsp3) is 0.444. The molecule has 146 valence electrons. The van der Waals surface area contributed by atoms with Gasteiger partial charge in [0.2, 0.25) is 0 Å². The second-order valence-electron chi connectivity index (χ2n) is 7.05. The van der Waals surface area contributed by atoms with Gasteiger partial charge in [-0.15, -0.1) is 0 Å². The number of aromatic amines is 1. The molecular weight excluding hydrogens is 368 g/mol. The highest BCUT2D eigenvalue weighted by Gasteiger charge is 2.23. The molecule has 1 aromatic heterocycles. The Morgan fingerprint density at radius 2 is 2.00 bits per heavy atom. The quantitative estimate of drug-likeness (QED) is 0.623. The van der Waals surface area contributed by atoms with Gasteiger partial charge in [-0.25, -0.2) is 9.59 Å². The molecule has 3 N–H and O–H groups in total. The molecule has 1 amide bonds. The van der Waals surface area contributed by atoms with E-state index in [2.05, 4.69) is 15.5 Å². The monoisotopic (exact) mass is 392 g/mol. The highest BCUT2D eigenvalue weighted by Crippen LogP contribution is 2.17. The minimum absolute atomic E-state index is 0.232. The van der Waals surface area contributed by atoms with Crippen LogP contribution in [-0.2, 0) is 16.1 Å². The Morgan fingerprint density at radius 1 is 1.33 bits per heavy atom. The molecule has 0 aliphatic carbocycles. The lowest BCUT2D eigenvalue weighted by molar-refractivity contribution is -0.139. The van der Waals surface area contributed by atoms with E-state index in [1.165, 1.54) is 0 Å². The molecule has 1 atom stereocenters. The van der Waals surface area contributed by atoms with Gasteiger partial charge in [-0.3, -0.25) is 5.10 Å². The van der Waals surface area contributed by atoms with Gasteiger partial charge in [0, 0.05) is 12.1 Å². The molecule has 0 saturated carbocycles. The van der Waals surface area contributed by atoms with Crippen molar-refractivity contribution < 1.29 is 19.4 Å². The summed E-state index contributed by atoms with van der Waals surface area (Å²) in [6, 6.07) is 8.53. The Bertz CT molecular complexity index is 839. The van der Waals surface area contributed by atoms with Gasteiger partial charge < -0.3 is 19.7 Å². The van der Waals surface area contributed by atoms with Crippen LogP contribution in [0.4, 0.5) is 4.79 Å². The van der Waals surface area contributed by atoms with Gasteiger partial charge in [0.15, 0.2) is 10.6 Å². The summed E-state index contributed by atoms with van der Waals surface area (Å²) < 4.78 is 7.39. The maximum atomic E-state index is 11.8. The normalized spacial score (nSPS) is 12.4. The Labute approximate surface area is 162 Å². The van der Waals surface area contributed by atoms with Crippen LogP contribution in [0, 0.1) is 4.77 Å². The van der Waals surface area contributed by atoms with Crippen LogP contribution in [0.25, 0.3) is 11.4 Å². The molecule has 0 radical (unpaired) electrons. The maximum absolute atomic E-state index is 11.8. The standard InChI is InChI=1S/C18H24N4O4S/c1-18(2,3)26-17(25)19-13(15(23)24)10-7-11-22-14(20-21-16(22)27)12-8-5-4-6-9-12/h4-6,8-9,13H,7,10-11H2,1-3H3,(H,19,25)(H,21,27)(H,23,24). The van der Waals surface area contributed by atoms with E-state index in [0.717, 1.165) is 5.56 Å². The first kappa shape index (κ1) is 20.6. The minimum Gasteiger partial charge on any atom is -0.480 e. The molecule has 0 aliphatic heterocycles. The van der Waals surface area contributed by atoms with Crippen LogP contribution in [0.2, 0.25) is 0 Å². The number of ether oxygens (including phenoxy) is 1. The molecule has 9 heteroatoms. The summed E-state index contributed by atoms with van der Waals surface area (Å²) >= 11 is 5.27. The van der Waals surface area contributed by atoms with Gasteiger partial charge >= 0.3 is 12.1 Å². The van der Waals surface area contributed by atoms with E-state index in [1.54, 1.807) is 20.8 Å². The zero-order valence-electron chi connectivity index (χ0n) is 15.6. The van der Waals surface area contributed by atoms with E-state index in [9.17, 15) is 14.7 Å². The van der Waals surface area contributed by atoms with Gasteiger partial charge in [0.25, 0.3) is 0 Å². The van der Waals surface area contributed by atoms with Crippen LogP contribution in [0.3, 0.4) is 0 Å². The number of hydrogen-bond donors (Lipinski definition) is 3. The summed E-state index contributed by atoms with van der Waals surface area (Å²) in [5.74, 6) is -0.424. The third-order valence-corrected chi connectivity index (χ3v) is 3.97. The number of rotatable bonds is 7. The first-order valence-corrected chi connectivity index (χ1v) is 9.01. The van der Waals surface area contributed by atoms with Crippen LogP contribution in [0.5, 0.6) is 0 Å². The van der Waals surface area contributed by atoms with Gasteiger partial charge in [-0.1, -0.05) is 30.3 Å². The Kier molecular flexibility index (Phi) is 6.73. The van der Waals surface area contributed by atoms with Crippen molar-refractivity contribution in [2.45, 2.75) is 51.8 Å². The maximum Gasteiger partial charge on any atom is 0.408 e. The topological polar surface area (TPSA) is 109 Å². The van der Waals surface area contributed by atoms with Crippen molar-refractivity contribution in [2.24, 2.45) is 0 Å². The number of carboxylic acid groups (broad SMARTS) is 1. The number of H-pyrrole nitrogens is 1. The molecule has 0 saturated heterocycles. The largest absolute Gasteiger partial charge is 0.480 e. The lowest BCUT2D eigenvalue weighted by Gasteiger charge is -2.22. The van der Waals surface area contributed by atoms with Gasteiger partial charge in [0.1, 0.15) is 11.6 Å². The number of nitrogens with zero attached hydrogens (tertiary/aromatic N) is 2. The average Bonchev–Trinajstić information content (AvgIpc) is 2.94. The first-order chi connectivity index (χ1) is 12.7. The summed E-state index contributed by atoms with van der Waals surface area (Å²) in [6.45, 7) is 5.62. The summed E-state index contributed by atoms with van der Waals surface area (Å²) in [4.78, 5) is 23.3. The lowest BCUT2D eigenvalue weighted by Crippen LogP contribution is -2.43. The Hall–Kier alpha value is -2.68. The molecule has 1 unspecified atom stereocenters. The number of aliphatic carboxylic acids is 1. The molecule has 0 bridgehead atoms. The number of carbonyl (C=O) groups is 2. The smallest absolute Gasteiger partial charge is 0.408 e. The molecule has 0 fully saturated rings.